The smallest absolute Gasteiger partial charge is 0.251 e. The van der Waals surface area contributed by atoms with Gasteiger partial charge in [0.25, 0.3) is 5.91 Å². The summed E-state index contributed by atoms with van der Waals surface area (Å²) in [6, 6.07) is 15.7. The van der Waals surface area contributed by atoms with Gasteiger partial charge in [-0.25, -0.2) is 8.78 Å². The quantitative estimate of drug-likeness (QED) is 0.260. The molecule has 9 heteroatoms. The van der Waals surface area contributed by atoms with Crippen LogP contribution in [0.25, 0.3) is 5.57 Å². The minimum absolute atomic E-state index is 0.00818. The van der Waals surface area contributed by atoms with E-state index in [1.807, 2.05) is 41.3 Å². The predicted molar refractivity (Wildman–Crippen MR) is 153 cm³/mol. The van der Waals surface area contributed by atoms with Crippen molar-refractivity contribution in [3.63, 3.8) is 0 Å². The number of ether oxygens (including phenoxy) is 2. The molecule has 1 aliphatic carbocycles. The molecule has 3 aromatic carbocycles. The third kappa shape index (κ3) is 6.43. The van der Waals surface area contributed by atoms with Gasteiger partial charge in [0.15, 0.2) is 17.4 Å². The predicted octanol–water partition coefficient (Wildman–Crippen LogP) is 6.98. The Morgan fingerprint density at radius 1 is 1.02 bits per heavy atom. The molecule has 0 spiro atoms. The van der Waals surface area contributed by atoms with Gasteiger partial charge in [-0.1, -0.05) is 53.5 Å². The third-order valence-electron chi connectivity index (χ3n) is 7.14. The second-order valence-electron chi connectivity index (χ2n) is 9.99. The van der Waals surface area contributed by atoms with Gasteiger partial charge in [0, 0.05) is 24.7 Å². The number of nitrogens with zero attached hydrogens (tertiary/aromatic N) is 1. The second-order valence-corrected chi connectivity index (χ2v) is 10.8. The zero-order valence-electron chi connectivity index (χ0n) is 22.1. The summed E-state index contributed by atoms with van der Waals surface area (Å²) >= 11 is 12.7. The first-order valence-corrected chi connectivity index (χ1v) is 14.1. The molecule has 2 aliphatic rings. The van der Waals surface area contributed by atoms with Gasteiger partial charge in [0.2, 0.25) is 0 Å². The number of carbonyl (C=O) groups is 1. The molecule has 5 nitrogen and oxygen atoms in total. The van der Waals surface area contributed by atoms with Crippen LogP contribution in [0.2, 0.25) is 10.0 Å². The number of rotatable bonds is 10. The van der Waals surface area contributed by atoms with Gasteiger partial charge in [0.1, 0.15) is 19.0 Å². The molecular formula is C31H30Cl2F2N2O3. The molecule has 0 aromatic heterocycles. The van der Waals surface area contributed by atoms with Gasteiger partial charge in [-0.2, -0.15) is 0 Å². The van der Waals surface area contributed by atoms with Crippen LogP contribution in [0.5, 0.6) is 11.5 Å². The van der Waals surface area contributed by atoms with Crippen molar-refractivity contribution in [2.75, 3.05) is 26.3 Å². The maximum absolute atomic E-state index is 14.1. The maximum atomic E-state index is 14.1. The number of halogens is 4. The normalized spacial score (nSPS) is 15.2. The maximum Gasteiger partial charge on any atom is 0.251 e. The lowest BCUT2D eigenvalue weighted by Gasteiger charge is -2.28. The first-order chi connectivity index (χ1) is 19.3. The molecule has 1 amide bonds. The van der Waals surface area contributed by atoms with E-state index in [1.54, 1.807) is 13.0 Å². The highest BCUT2D eigenvalue weighted by molar-refractivity contribution is 6.42. The van der Waals surface area contributed by atoms with E-state index in [4.69, 9.17) is 32.7 Å². The van der Waals surface area contributed by atoms with Gasteiger partial charge in [0.05, 0.1) is 10.0 Å². The molecule has 3 aromatic rings. The first kappa shape index (κ1) is 28.4. The van der Waals surface area contributed by atoms with E-state index in [0.717, 1.165) is 48.1 Å². The van der Waals surface area contributed by atoms with Crippen molar-refractivity contribution in [1.82, 2.24) is 10.2 Å². The highest BCUT2D eigenvalue weighted by Crippen LogP contribution is 2.35. The number of carbonyl (C=O) groups excluding carboxylic acids is 1. The lowest BCUT2D eigenvalue weighted by molar-refractivity contribution is -0.128. The van der Waals surface area contributed by atoms with Crippen LogP contribution in [0.15, 0.2) is 60.2 Å². The van der Waals surface area contributed by atoms with Crippen molar-refractivity contribution in [1.29, 1.82) is 0 Å². The van der Waals surface area contributed by atoms with E-state index < -0.39 is 17.4 Å². The number of benzene rings is 3. The average Bonchev–Trinajstić information content (AvgIpc) is 3.81. The van der Waals surface area contributed by atoms with Crippen molar-refractivity contribution >= 4 is 34.7 Å². The van der Waals surface area contributed by atoms with Crippen molar-refractivity contribution in [3.8, 4) is 11.5 Å². The number of amides is 1. The standard InChI is InChI=1S/C31H30Cl2F2N2O3/c1-19-5-12-27(34)30(29(19)35)40-16-15-39-23-10-6-20(7-11-23)24-13-14-36-17-25(24)31(38)37(22-8-9-22)18-21-3-2-4-26(32)28(21)33/h2-7,10-12,22,36H,8-9,13-18H2,1H3. The molecular weight excluding hydrogens is 557 g/mol. The SMILES string of the molecule is Cc1ccc(F)c(OCCOc2ccc(C3=C(C(=O)N(Cc4cccc(Cl)c4Cl)C4CC4)CNCC3)cc2)c1F. The van der Waals surface area contributed by atoms with Crippen LogP contribution in [0.1, 0.15) is 36.0 Å². The van der Waals surface area contributed by atoms with Crippen LogP contribution < -0.4 is 14.8 Å². The van der Waals surface area contributed by atoms with E-state index in [2.05, 4.69) is 5.32 Å². The fraction of sp³-hybridized carbons (Fsp3) is 0.323. The van der Waals surface area contributed by atoms with Crippen molar-refractivity contribution < 1.29 is 23.0 Å². The van der Waals surface area contributed by atoms with E-state index in [1.165, 1.54) is 12.1 Å². The average molecular weight is 587 g/mol. The fourth-order valence-corrected chi connectivity index (χ4v) is 5.19. The van der Waals surface area contributed by atoms with Crippen LogP contribution in [0.3, 0.4) is 0 Å². The molecule has 1 saturated carbocycles. The Kier molecular flexibility index (Phi) is 8.94. The Hall–Kier alpha value is -3.13. The van der Waals surface area contributed by atoms with Gasteiger partial charge in [-0.05, 0) is 79.3 Å². The fourth-order valence-electron chi connectivity index (χ4n) is 4.81. The van der Waals surface area contributed by atoms with E-state index in [9.17, 15) is 13.6 Å². The highest BCUT2D eigenvalue weighted by Gasteiger charge is 2.35. The molecule has 0 radical (unpaired) electrons. The second kappa shape index (κ2) is 12.6. The number of nitrogens with one attached hydrogen (secondary N) is 1. The van der Waals surface area contributed by atoms with Crippen molar-refractivity contribution in [2.24, 2.45) is 0 Å². The van der Waals surface area contributed by atoms with Crippen LogP contribution in [0.4, 0.5) is 8.78 Å². The molecule has 0 bridgehead atoms. The van der Waals surface area contributed by atoms with Crippen molar-refractivity contribution in [3.05, 3.63) is 98.5 Å². The summed E-state index contributed by atoms with van der Waals surface area (Å²) in [4.78, 5) is 15.8. The molecule has 0 unspecified atom stereocenters. The van der Waals surface area contributed by atoms with Gasteiger partial charge < -0.3 is 19.7 Å². The summed E-state index contributed by atoms with van der Waals surface area (Å²) in [6.07, 6.45) is 2.66. The minimum atomic E-state index is -0.746. The molecule has 210 valence electrons. The number of hydrogen-bond acceptors (Lipinski definition) is 4. The summed E-state index contributed by atoms with van der Waals surface area (Å²) in [6.45, 7) is 3.33. The molecule has 0 atom stereocenters. The van der Waals surface area contributed by atoms with E-state index in [0.29, 0.717) is 34.4 Å². The highest BCUT2D eigenvalue weighted by atomic mass is 35.5. The van der Waals surface area contributed by atoms with Gasteiger partial charge >= 0.3 is 0 Å². The zero-order valence-corrected chi connectivity index (χ0v) is 23.6. The Morgan fingerprint density at radius 2 is 1.77 bits per heavy atom. The van der Waals surface area contributed by atoms with Crippen LogP contribution in [-0.2, 0) is 11.3 Å². The summed E-state index contributed by atoms with van der Waals surface area (Å²) < 4.78 is 39.0. The molecule has 1 heterocycles. The zero-order chi connectivity index (χ0) is 28.2. The summed E-state index contributed by atoms with van der Waals surface area (Å²) in [7, 11) is 0. The minimum Gasteiger partial charge on any atom is -0.490 e. The number of aryl methyl sites for hydroxylation is 1. The largest absolute Gasteiger partial charge is 0.490 e. The van der Waals surface area contributed by atoms with Crippen molar-refractivity contribution in [2.45, 2.75) is 38.8 Å². The Bertz CT molecular complexity index is 1420. The topological polar surface area (TPSA) is 50.8 Å². The molecule has 0 saturated heterocycles. The van der Waals surface area contributed by atoms with Crippen LogP contribution in [0, 0.1) is 18.6 Å². The Labute approximate surface area is 242 Å². The Balaban J connectivity index is 1.26. The van der Waals surface area contributed by atoms with Crippen LogP contribution in [-0.4, -0.2) is 43.2 Å². The van der Waals surface area contributed by atoms with Gasteiger partial charge in [-0.3, -0.25) is 4.79 Å². The summed E-state index contributed by atoms with van der Waals surface area (Å²) in [5.74, 6) is -1.25. The summed E-state index contributed by atoms with van der Waals surface area (Å²) in [5.41, 5.74) is 3.85. The first-order valence-electron chi connectivity index (χ1n) is 13.3. The van der Waals surface area contributed by atoms with E-state index >= 15 is 0 Å². The molecule has 40 heavy (non-hydrogen) atoms. The number of hydrogen-bond donors (Lipinski definition) is 1. The van der Waals surface area contributed by atoms with Gasteiger partial charge in [-0.15, -0.1) is 0 Å². The van der Waals surface area contributed by atoms with E-state index in [-0.39, 0.29) is 25.2 Å². The van der Waals surface area contributed by atoms with Crippen LogP contribution >= 0.6 is 23.2 Å². The summed E-state index contributed by atoms with van der Waals surface area (Å²) in [5, 5.41) is 4.30. The monoisotopic (exact) mass is 586 g/mol. The molecule has 1 fully saturated rings. The molecule has 1 N–H and O–H groups in total. The Morgan fingerprint density at radius 3 is 2.52 bits per heavy atom. The lowest BCUT2D eigenvalue weighted by atomic mass is 9.93. The molecule has 5 rings (SSSR count). The molecule has 1 aliphatic heterocycles. The lowest BCUT2D eigenvalue weighted by Crippen LogP contribution is -2.39. The third-order valence-corrected chi connectivity index (χ3v) is 8.00.